The molecule has 0 aliphatic carbocycles. The van der Waals surface area contributed by atoms with Crippen molar-refractivity contribution in [3.05, 3.63) is 28.6 Å². The van der Waals surface area contributed by atoms with Gasteiger partial charge in [-0.15, -0.1) is 0 Å². The van der Waals surface area contributed by atoms with Gasteiger partial charge in [0.1, 0.15) is 4.90 Å². The van der Waals surface area contributed by atoms with E-state index >= 15 is 0 Å². The molecule has 3 heterocycles. The van der Waals surface area contributed by atoms with Gasteiger partial charge >= 0.3 is 0 Å². The zero-order chi connectivity index (χ0) is 20.8. The molecule has 0 unspecified atom stereocenters. The molecule has 158 valence electrons. The molecule has 4 rings (SSSR count). The predicted molar refractivity (Wildman–Crippen MR) is 106 cm³/mol. The summed E-state index contributed by atoms with van der Waals surface area (Å²) in [6.07, 6.45) is 0.590. The third-order valence-corrected chi connectivity index (χ3v) is 6.85. The summed E-state index contributed by atoms with van der Waals surface area (Å²) < 4.78 is 47.8. The minimum atomic E-state index is -3.82. The van der Waals surface area contributed by atoms with Gasteiger partial charge in [0.2, 0.25) is 22.6 Å². The number of hydrogen-bond donors (Lipinski definition) is 1. The third-order valence-electron chi connectivity index (χ3n) is 5.30. The second kappa shape index (κ2) is 7.51. The molecule has 2 aliphatic heterocycles. The number of likely N-dealkylation sites (N-methyl/N-ethyl adjacent to an activating group) is 1. The number of nitrogens with one attached hydrogen (secondary N) is 1. The molecule has 0 fully saturated rings. The van der Waals surface area contributed by atoms with Crippen LogP contribution < -0.4 is 18.9 Å². The van der Waals surface area contributed by atoms with Crippen LogP contribution in [0.25, 0.3) is 0 Å². The van der Waals surface area contributed by atoms with E-state index in [0.29, 0.717) is 31.0 Å². The molecule has 2 aliphatic rings. The summed E-state index contributed by atoms with van der Waals surface area (Å²) in [4.78, 5) is 2.29. The third kappa shape index (κ3) is 3.56. The minimum Gasteiger partial charge on any atom is -0.492 e. The first-order valence-corrected chi connectivity index (χ1v) is 11.0. The van der Waals surface area contributed by atoms with Gasteiger partial charge < -0.3 is 19.1 Å². The summed E-state index contributed by atoms with van der Waals surface area (Å²) in [7, 11) is -0.259. The number of hydrogen-bond acceptors (Lipinski definition) is 7. The Kier molecular flexibility index (Phi) is 5.18. The van der Waals surface area contributed by atoms with Gasteiger partial charge in [-0.2, -0.15) is 5.10 Å². The molecule has 10 heteroatoms. The number of rotatable bonds is 6. The Balaban J connectivity index is 1.69. The van der Waals surface area contributed by atoms with Gasteiger partial charge in [0.25, 0.3) is 0 Å². The number of nitrogens with zero attached hydrogens (tertiary/aromatic N) is 3. The quantitative estimate of drug-likeness (QED) is 0.748. The van der Waals surface area contributed by atoms with Crippen molar-refractivity contribution in [3.63, 3.8) is 0 Å². The Morgan fingerprint density at radius 3 is 2.69 bits per heavy atom. The lowest BCUT2D eigenvalue weighted by atomic mass is 9.97. The van der Waals surface area contributed by atoms with Crippen molar-refractivity contribution in [1.29, 1.82) is 0 Å². The fourth-order valence-electron chi connectivity index (χ4n) is 4.01. The van der Waals surface area contributed by atoms with E-state index in [4.69, 9.17) is 14.2 Å². The van der Waals surface area contributed by atoms with Crippen molar-refractivity contribution in [1.82, 2.24) is 19.4 Å². The number of sulfonamides is 1. The topological polar surface area (TPSA) is 94.9 Å². The SMILES string of the molecule is COc1c2c(c(S(=O)(=O)NCCn3nc(C)cc3C)c3c1OCO3)CCN(C)C2. The molecule has 0 spiro atoms. The first kappa shape index (κ1) is 20.0. The molecule has 0 saturated carbocycles. The highest BCUT2D eigenvalue weighted by Crippen LogP contribution is 2.51. The average Bonchev–Trinajstić information content (AvgIpc) is 3.25. The summed E-state index contributed by atoms with van der Waals surface area (Å²) in [5.41, 5.74) is 3.47. The van der Waals surface area contributed by atoms with E-state index in [1.54, 1.807) is 11.8 Å². The van der Waals surface area contributed by atoms with Crippen molar-refractivity contribution < 1.29 is 22.6 Å². The van der Waals surface area contributed by atoms with Crippen LogP contribution in [-0.4, -0.2) is 57.1 Å². The normalized spacial score (nSPS) is 16.1. The van der Waals surface area contributed by atoms with Crippen LogP contribution in [0.15, 0.2) is 11.0 Å². The number of benzene rings is 1. The van der Waals surface area contributed by atoms with E-state index in [2.05, 4.69) is 14.7 Å². The molecule has 0 atom stereocenters. The lowest BCUT2D eigenvalue weighted by molar-refractivity contribution is 0.169. The van der Waals surface area contributed by atoms with Crippen LogP contribution in [0.2, 0.25) is 0 Å². The van der Waals surface area contributed by atoms with Crippen molar-refractivity contribution in [2.24, 2.45) is 0 Å². The summed E-state index contributed by atoms with van der Waals surface area (Å²) in [6, 6.07) is 1.96. The molecule has 0 radical (unpaired) electrons. The van der Waals surface area contributed by atoms with Crippen LogP contribution in [0, 0.1) is 13.8 Å². The van der Waals surface area contributed by atoms with Crippen molar-refractivity contribution >= 4 is 10.0 Å². The highest BCUT2D eigenvalue weighted by molar-refractivity contribution is 7.89. The zero-order valence-electron chi connectivity index (χ0n) is 17.1. The van der Waals surface area contributed by atoms with E-state index in [0.717, 1.165) is 29.1 Å². The lowest BCUT2D eigenvalue weighted by Crippen LogP contribution is -2.32. The van der Waals surface area contributed by atoms with Gasteiger partial charge in [-0.05, 0) is 38.9 Å². The monoisotopic (exact) mass is 422 g/mol. The minimum absolute atomic E-state index is 0.0291. The lowest BCUT2D eigenvalue weighted by Gasteiger charge is -2.29. The van der Waals surface area contributed by atoms with Crippen LogP contribution >= 0.6 is 0 Å². The zero-order valence-corrected chi connectivity index (χ0v) is 17.9. The fourth-order valence-corrected chi connectivity index (χ4v) is 5.46. The molecule has 0 bridgehead atoms. The Hall–Kier alpha value is -2.30. The van der Waals surface area contributed by atoms with Crippen LogP contribution in [0.4, 0.5) is 0 Å². The van der Waals surface area contributed by atoms with E-state index in [1.165, 1.54) is 0 Å². The highest BCUT2D eigenvalue weighted by Gasteiger charge is 2.37. The van der Waals surface area contributed by atoms with Gasteiger partial charge in [0.15, 0.2) is 11.5 Å². The Bertz CT molecular complexity index is 1050. The first-order chi connectivity index (χ1) is 13.8. The van der Waals surface area contributed by atoms with Crippen LogP contribution in [0.1, 0.15) is 22.5 Å². The van der Waals surface area contributed by atoms with Gasteiger partial charge in [0, 0.05) is 30.9 Å². The first-order valence-electron chi connectivity index (χ1n) is 9.52. The van der Waals surface area contributed by atoms with E-state index in [-0.39, 0.29) is 24.0 Å². The van der Waals surface area contributed by atoms with Gasteiger partial charge in [-0.1, -0.05) is 0 Å². The Labute approximate surface area is 170 Å². The van der Waals surface area contributed by atoms with E-state index < -0.39 is 10.0 Å². The smallest absolute Gasteiger partial charge is 0.244 e. The summed E-state index contributed by atoms with van der Waals surface area (Å²) in [6.45, 7) is 5.84. The number of aromatic nitrogens is 2. The summed E-state index contributed by atoms with van der Waals surface area (Å²) >= 11 is 0. The molecule has 1 aromatic heterocycles. The van der Waals surface area contributed by atoms with Gasteiger partial charge in [-0.3, -0.25) is 4.68 Å². The molecule has 0 saturated heterocycles. The van der Waals surface area contributed by atoms with Crippen molar-refractivity contribution in [3.8, 4) is 17.2 Å². The van der Waals surface area contributed by atoms with Crippen molar-refractivity contribution in [2.75, 3.05) is 34.0 Å². The molecule has 1 N–H and O–H groups in total. The number of fused-ring (bicyclic) bond motifs is 2. The fraction of sp³-hybridized carbons (Fsp3) is 0.526. The standard InChI is InChI=1S/C19H26N4O5S/c1-12-9-13(2)23(21-12)8-6-20-29(24,25)19-14-5-7-22(3)10-15(14)16(26-4)17-18(19)28-11-27-17/h9,20H,5-8,10-11H2,1-4H3. The maximum atomic E-state index is 13.3. The number of methoxy groups -OCH3 is 1. The molecular weight excluding hydrogens is 396 g/mol. The summed E-state index contributed by atoms with van der Waals surface area (Å²) in [5.74, 6) is 1.16. The Morgan fingerprint density at radius 2 is 2.00 bits per heavy atom. The average molecular weight is 423 g/mol. The molecule has 9 nitrogen and oxygen atoms in total. The second-order valence-corrected chi connectivity index (χ2v) is 9.12. The van der Waals surface area contributed by atoms with Gasteiger partial charge in [0.05, 0.1) is 19.3 Å². The van der Waals surface area contributed by atoms with Crippen LogP contribution in [0.5, 0.6) is 17.2 Å². The predicted octanol–water partition coefficient (Wildman–Crippen LogP) is 1.20. The molecule has 1 aromatic carbocycles. The Morgan fingerprint density at radius 1 is 1.24 bits per heavy atom. The maximum absolute atomic E-state index is 13.3. The van der Waals surface area contributed by atoms with Gasteiger partial charge in [-0.25, -0.2) is 13.1 Å². The van der Waals surface area contributed by atoms with E-state index in [9.17, 15) is 8.42 Å². The molecule has 0 amide bonds. The van der Waals surface area contributed by atoms with Crippen LogP contribution in [-0.2, 0) is 29.5 Å². The van der Waals surface area contributed by atoms with E-state index in [1.807, 2.05) is 27.0 Å². The maximum Gasteiger partial charge on any atom is 0.244 e. The largest absolute Gasteiger partial charge is 0.492 e. The number of ether oxygens (including phenoxy) is 3. The summed E-state index contributed by atoms with van der Waals surface area (Å²) in [5, 5.41) is 4.38. The molecular formula is C19H26N4O5S. The number of aryl methyl sites for hydroxylation is 2. The molecule has 2 aromatic rings. The van der Waals surface area contributed by atoms with Crippen molar-refractivity contribution in [2.45, 2.75) is 38.3 Å². The molecule has 29 heavy (non-hydrogen) atoms. The second-order valence-electron chi connectivity index (χ2n) is 7.42. The highest BCUT2D eigenvalue weighted by atomic mass is 32.2. The van der Waals surface area contributed by atoms with Crippen LogP contribution in [0.3, 0.4) is 0 Å².